The van der Waals surface area contributed by atoms with Crippen LogP contribution >= 0.6 is 0 Å². The van der Waals surface area contributed by atoms with E-state index < -0.39 is 10.0 Å². The standard InChI is InChI=1S/C21H25NO5S/c1-25-18-8-10-19(11-9-18)28(23,24)22(17-5-3-2-4-6-17)14-16-7-12-20-21(13-16)27-15-26-20/h7-13,17H,2-6,14-15H2,1H3. The van der Waals surface area contributed by atoms with Gasteiger partial charge >= 0.3 is 0 Å². The van der Waals surface area contributed by atoms with Gasteiger partial charge in [0.15, 0.2) is 11.5 Å². The van der Waals surface area contributed by atoms with Crippen LogP contribution in [0.15, 0.2) is 47.4 Å². The average molecular weight is 404 g/mol. The molecular formula is C21H25NO5S. The van der Waals surface area contributed by atoms with E-state index in [9.17, 15) is 8.42 Å². The SMILES string of the molecule is COc1ccc(S(=O)(=O)N(Cc2ccc3c(c2)OCO3)C2CCCCC2)cc1. The lowest BCUT2D eigenvalue weighted by Gasteiger charge is -2.33. The summed E-state index contributed by atoms with van der Waals surface area (Å²) in [6.07, 6.45) is 5.05. The average Bonchev–Trinajstić information content (AvgIpc) is 3.20. The van der Waals surface area contributed by atoms with Crippen molar-refractivity contribution >= 4 is 10.0 Å². The first-order chi connectivity index (χ1) is 13.6. The maximum absolute atomic E-state index is 13.5. The molecule has 1 heterocycles. The van der Waals surface area contributed by atoms with Gasteiger partial charge in [0.1, 0.15) is 5.75 Å². The largest absolute Gasteiger partial charge is 0.497 e. The molecule has 0 N–H and O–H groups in total. The van der Waals surface area contributed by atoms with Crippen molar-refractivity contribution in [1.29, 1.82) is 0 Å². The molecule has 28 heavy (non-hydrogen) atoms. The summed E-state index contributed by atoms with van der Waals surface area (Å²) in [6, 6.07) is 12.2. The fourth-order valence-corrected chi connectivity index (χ4v) is 5.55. The van der Waals surface area contributed by atoms with E-state index in [-0.39, 0.29) is 12.8 Å². The number of rotatable bonds is 6. The normalized spacial score (nSPS) is 17.1. The fraction of sp³-hybridized carbons (Fsp3) is 0.429. The predicted octanol–water partition coefficient (Wildman–Crippen LogP) is 3.95. The minimum Gasteiger partial charge on any atom is -0.497 e. The van der Waals surface area contributed by atoms with Crippen molar-refractivity contribution in [2.45, 2.75) is 49.6 Å². The molecule has 1 aliphatic carbocycles. The third-order valence-electron chi connectivity index (χ3n) is 5.42. The topological polar surface area (TPSA) is 65.1 Å². The van der Waals surface area contributed by atoms with Crippen LogP contribution in [0.5, 0.6) is 17.2 Å². The second kappa shape index (κ2) is 8.01. The molecule has 0 bridgehead atoms. The van der Waals surface area contributed by atoms with Crippen LogP contribution in [0.25, 0.3) is 0 Å². The summed E-state index contributed by atoms with van der Waals surface area (Å²) >= 11 is 0. The monoisotopic (exact) mass is 403 g/mol. The molecule has 2 aromatic rings. The minimum absolute atomic E-state index is 0.00581. The maximum Gasteiger partial charge on any atom is 0.243 e. The molecule has 0 radical (unpaired) electrons. The van der Waals surface area contributed by atoms with Crippen LogP contribution in [0.2, 0.25) is 0 Å². The number of nitrogens with zero attached hydrogens (tertiary/aromatic N) is 1. The van der Waals surface area contributed by atoms with Gasteiger partial charge in [-0.1, -0.05) is 25.3 Å². The predicted molar refractivity (Wildman–Crippen MR) is 105 cm³/mol. The molecule has 0 aromatic heterocycles. The summed E-state index contributed by atoms with van der Waals surface area (Å²) in [5.74, 6) is 2.01. The van der Waals surface area contributed by atoms with Crippen molar-refractivity contribution in [1.82, 2.24) is 4.31 Å². The van der Waals surface area contributed by atoms with E-state index in [1.165, 1.54) is 0 Å². The first-order valence-electron chi connectivity index (χ1n) is 9.62. The Balaban J connectivity index is 1.66. The van der Waals surface area contributed by atoms with Gasteiger partial charge in [-0.25, -0.2) is 8.42 Å². The molecule has 2 aliphatic rings. The number of ether oxygens (including phenoxy) is 3. The first-order valence-corrected chi connectivity index (χ1v) is 11.1. The van der Waals surface area contributed by atoms with Crippen molar-refractivity contribution in [3.05, 3.63) is 48.0 Å². The van der Waals surface area contributed by atoms with Crippen molar-refractivity contribution in [3.8, 4) is 17.2 Å². The third kappa shape index (κ3) is 3.82. The van der Waals surface area contributed by atoms with Gasteiger partial charge in [0, 0.05) is 12.6 Å². The fourth-order valence-electron chi connectivity index (χ4n) is 3.88. The highest BCUT2D eigenvalue weighted by molar-refractivity contribution is 7.89. The van der Waals surface area contributed by atoms with Crippen LogP contribution < -0.4 is 14.2 Å². The van der Waals surface area contributed by atoms with Crippen molar-refractivity contribution in [2.75, 3.05) is 13.9 Å². The molecule has 0 amide bonds. The number of benzene rings is 2. The third-order valence-corrected chi connectivity index (χ3v) is 7.34. The molecule has 4 rings (SSSR count). The van der Waals surface area contributed by atoms with Gasteiger partial charge in [0.2, 0.25) is 16.8 Å². The van der Waals surface area contributed by atoms with Crippen LogP contribution in [-0.2, 0) is 16.6 Å². The lowest BCUT2D eigenvalue weighted by molar-refractivity contribution is 0.174. The lowest BCUT2D eigenvalue weighted by atomic mass is 9.95. The highest BCUT2D eigenvalue weighted by atomic mass is 32.2. The lowest BCUT2D eigenvalue weighted by Crippen LogP contribution is -2.40. The Hall–Kier alpha value is -2.25. The van der Waals surface area contributed by atoms with Gasteiger partial charge in [0.05, 0.1) is 12.0 Å². The Morgan fingerprint density at radius 1 is 1.00 bits per heavy atom. The van der Waals surface area contributed by atoms with Gasteiger partial charge in [-0.05, 0) is 54.8 Å². The van der Waals surface area contributed by atoms with Crippen LogP contribution in [0, 0.1) is 0 Å². The molecule has 1 aliphatic heterocycles. The molecule has 1 fully saturated rings. The molecule has 150 valence electrons. The second-order valence-electron chi connectivity index (χ2n) is 7.21. The molecule has 7 heteroatoms. The van der Waals surface area contributed by atoms with Gasteiger partial charge in [0.25, 0.3) is 0 Å². The quantitative estimate of drug-likeness (QED) is 0.731. The smallest absolute Gasteiger partial charge is 0.243 e. The molecule has 1 saturated carbocycles. The zero-order valence-electron chi connectivity index (χ0n) is 16.0. The summed E-state index contributed by atoms with van der Waals surface area (Å²) in [7, 11) is -2.07. The highest BCUT2D eigenvalue weighted by Gasteiger charge is 2.33. The van der Waals surface area contributed by atoms with Gasteiger partial charge in [-0.2, -0.15) is 4.31 Å². The molecule has 0 atom stereocenters. The Morgan fingerprint density at radius 3 is 2.43 bits per heavy atom. The molecule has 6 nitrogen and oxygen atoms in total. The Morgan fingerprint density at radius 2 is 1.71 bits per heavy atom. The molecule has 0 unspecified atom stereocenters. The molecule has 0 spiro atoms. The zero-order valence-corrected chi connectivity index (χ0v) is 16.8. The van der Waals surface area contributed by atoms with E-state index in [2.05, 4.69) is 0 Å². The molecular weight excluding hydrogens is 378 g/mol. The number of hydrogen-bond donors (Lipinski definition) is 0. The van der Waals surface area contributed by atoms with Crippen molar-refractivity contribution in [2.24, 2.45) is 0 Å². The van der Waals surface area contributed by atoms with E-state index >= 15 is 0 Å². The van der Waals surface area contributed by atoms with Crippen molar-refractivity contribution in [3.63, 3.8) is 0 Å². The van der Waals surface area contributed by atoms with E-state index in [0.717, 1.165) is 37.7 Å². The van der Waals surface area contributed by atoms with Gasteiger partial charge < -0.3 is 14.2 Å². The van der Waals surface area contributed by atoms with Crippen LogP contribution in [0.4, 0.5) is 0 Å². The minimum atomic E-state index is -3.63. The number of methoxy groups -OCH3 is 1. The summed E-state index contributed by atoms with van der Waals surface area (Å²) < 4.78 is 44.6. The van der Waals surface area contributed by atoms with Gasteiger partial charge in [-0.15, -0.1) is 0 Å². The molecule has 0 saturated heterocycles. The number of hydrogen-bond acceptors (Lipinski definition) is 5. The first kappa shape index (κ1) is 19.1. The summed E-state index contributed by atoms with van der Waals surface area (Å²) in [5, 5.41) is 0. The van der Waals surface area contributed by atoms with Crippen LogP contribution in [-0.4, -0.2) is 32.7 Å². The Bertz CT molecular complexity index is 920. The Labute approximate surface area is 166 Å². The van der Waals surface area contributed by atoms with E-state index in [0.29, 0.717) is 28.7 Å². The van der Waals surface area contributed by atoms with Crippen LogP contribution in [0.1, 0.15) is 37.7 Å². The Kier molecular flexibility index (Phi) is 5.46. The highest BCUT2D eigenvalue weighted by Crippen LogP contribution is 2.35. The van der Waals surface area contributed by atoms with Crippen molar-refractivity contribution < 1.29 is 22.6 Å². The summed E-state index contributed by atoms with van der Waals surface area (Å²) in [6.45, 7) is 0.519. The summed E-state index contributed by atoms with van der Waals surface area (Å²) in [4.78, 5) is 0.291. The zero-order chi connectivity index (χ0) is 19.6. The summed E-state index contributed by atoms with van der Waals surface area (Å²) in [5.41, 5.74) is 0.895. The van der Waals surface area contributed by atoms with E-state index in [1.807, 2.05) is 18.2 Å². The van der Waals surface area contributed by atoms with E-state index in [1.54, 1.807) is 35.7 Å². The van der Waals surface area contributed by atoms with E-state index in [4.69, 9.17) is 14.2 Å². The number of fused-ring (bicyclic) bond motifs is 1. The maximum atomic E-state index is 13.5. The molecule has 2 aromatic carbocycles. The van der Waals surface area contributed by atoms with Gasteiger partial charge in [-0.3, -0.25) is 0 Å². The van der Waals surface area contributed by atoms with Crippen LogP contribution in [0.3, 0.4) is 0 Å². The second-order valence-corrected chi connectivity index (χ2v) is 9.10. The number of sulfonamides is 1.